The van der Waals surface area contributed by atoms with Gasteiger partial charge in [0.15, 0.2) is 23.2 Å². The SMILES string of the molecule is O=P(O)(O)NP(=O)(O)OP(=O)(O)OC[C@H]1O[C@@H](n2cnc3c(NCCc4ccccc4)ncnc32)[C@H](O)[C@@H]1O. The molecule has 39 heavy (non-hydrogen) atoms. The minimum atomic E-state index is -5.47. The first-order chi connectivity index (χ1) is 18.2. The number of fused-ring (bicyclic) bond motifs is 1. The molecule has 1 aromatic carbocycles. The number of hydrogen-bond acceptors (Lipinski definition) is 12. The van der Waals surface area contributed by atoms with Crippen molar-refractivity contribution in [2.45, 2.75) is 31.0 Å². The second-order valence-electron chi connectivity index (χ2n) is 8.27. The number of phosphoric acid groups is 1. The minimum Gasteiger partial charge on any atom is -0.387 e. The van der Waals surface area contributed by atoms with Crippen molar-refractivity contribution in [3.05, 3.63) is 48.5 Å². The molecule has 0 aliphatic carbocycles. The van der Waals surface area contributed by atoms with Crippen molar-refractivity contribution in [2.75, 3.05) is 18.5 Å². The Hall–Kier alpha value is -2.14. The predicted molar refractivity (Wildman–Crippen MR) is 132 cm³/mol. The van der Waals surface area contributed by atoms with Crippen molar-refractivity contribution in [3.63, 3.8) is 0 Å². The third-order valence-corrected chi connectivity index (χ3v) is 9.63. The van der Waals surface area contributed by atoms with Crippen LogP contribution in [0.2, 0.25) is 0 Å². The van der Waals surface area contributed by atoms with E-state index in [9.17, 15) is 33.7 Å². The number of nitrogens with one attached hydrogen (secondary N) is 2. The van der Waals surface area contributed by atoms with Gasteiger partial charge in [0, 0.05) is 6.54 Å². The number of imidazole rings is 1. The molecule has 8 N–H and O–H groups in total. The molecule has 2 aromatic heterocycles. The van der Waals surface area contributed by atoms with E-state index in [1.165, 1.54) is 17.2 Å². The highest BCUT2D eigenvalue weighted by atomic mass is 31.3. The monoisotopic (exact) mass is 610 g/mol. The summed E-state index contributed by atoms with van der Waals surface area (Å²) in [6.45, 7) is -0.385. The maximum Gasteiger partial charge on any atom is 0.480 e. The zero-order valence-corrected chi connectivity index (χ0v) is 22.4. The molecular formula is C18H25N6O12P3. The van der Waals surface area contributed by atoms with Crippen LogP contribution in [0.5, 0.6) is 0 Å². The van der Waals surface area contributed by atoms with E-state index >= 15 is 0 Å². The molecule has 214 valence electrons. The van der Waals surface area contributed by atoms with Gasteiger partial charge in [-0.05, 0) is 12.0 Å². The van der Waals surface area contributed by atoms with Crippen molar-refractivity contribution in [3.8, 4) is 0 Å². The third-order valence-electron chi connectivity index (χ3n) is 5.39. The number of hydrogen-bond donors (Lipinski definition) is 8. The summed E-state index contributed by atoms with van der Waals surface area (Å²) < 4.78 is 49.8. The molecule has 3 heterocycles. The topological polar surface area (TPSA) is 268 Å². The maximum absolute atomic E-state index is 12.0. The molecule has 4 rings (SSSR count). The average Bonchev–Trinajstić information content (AvgIpc) is 3.38. The highest BCUT2D eigenvalue weighted by Crippen LogP contribution is 2.61. The first-order valence-electron chi connectivity index (χ1n) is 11.1. The number of nitrogens with zero attached hydrogens (tertiary/aromatic N) is 4. The van der Waals surface area contributed by atoms with Crippen LogP contribution in [0.15, 0.2) is 43.0 Å². The summed E-state index contributed by atoms with van der Waals surface area (Å²) in [5, 5.41) is 24.1. The van der Waals surface area contributed by atoms with Gasteiger partial charge in [0.05, 0.1) is 12.9 Å². The molecule has 6 atom stereocenters. The Bertz CT molecular complexity index is 1440. The number of aromatic nitrogens is 4. The van der Waals surface area contributed by atoms with Crippen LogP contribution in [0.3, 0.4) is 0 Å². The standard InChI is InChI=1S/C18H25N6O12P3/c25-14-12(8-34-39(32,33)36-38(30,31)23-37(27,28)29)35-18(15(14)26)24-10-22-13-16(20-9-21-17(13)24)19-7-6-11-4-2-1-3-5-11/h1-5,9-10,12,14-15,18,25-26H,6-8H2,(H,32,33)(H,19,20,21)(H4,23,27,28,29,30,31)/t12-,14-,15-,18-/m1/s1. The highest BCUT2D eigenvalue weighted by Gasteiger charge is 2.46. The van der Waals surface area contributed by atoms with E-state index in [4.69, 9.17) is 14.5 Å². The van der Waals surface area contributed by atoms with E-state index < -0.39 is 54.5 Å². The molecular weight excluding hydrogens is 585 g/mol. The van der Waals surface area contributed by atoms with Crippen LogP contribution in [-0.2, 0) is 33.7 Å². The van der Waals surface area contributed by atoms with Gasteiger partial charge in [-0.2, -0.15) is 4.31 Å². The number of phosphoric ester groups is 1. The second kappa shape index (κ2) is 11.8. The van der Waals surface area contributed by atoms with Crippen LogP contribution in [0.4, 0.5) is 5.82 Å². The lowest BCUT2D eigenvalue weighted by molar-refractivity contribution is -0.0502. The normalized spacial score (nSPS) is 24.9. The van der Waals surface area contributed by atoms with Gasteiger partial charge >= 0.3 is 23.3 Å². The largest absolute Gasteiger partial charge is 0.480 e. The molecule has 1 saturated heterocycles. The first kappa shape index (κ1) is 29.8. The summed E-state index contributed by atoms with van der Waals surface area (Å²) in [4.78, 5) is 49.9. The smallest absolute Gasteiger partial charge is 0.387 e. The molecule has 0 spiro atoms. The molecule has 2 unspecified atom stereocenters. The molecule has 1 fully saturated rings. The third kappa shape index (κ3) is 7.74. The maximum atomic E-state index is 12.0. The fraction of sp³-hybridized carbons (Fsp3) is 0.389. The molecule has 0 radical (unpaired) electrons. The van der Waals surface area contributed by atoms with Crippen molar-refractivity contribution in [2.24, 2.45) is 0 Å². The number of anilines is 1. The van der Waals surface area contributed by atoms with Crippen LogP contribution in [0, 0.1) is 0 Å². The van der Waals surface area contributed by atoms with Crippen molar-refractivity contribution in [1.82, 2.24) is 24.4 Å². The summed E-state index contributed by atoms with van der Waals surface area (Å²) in [6.07, 6.45) is -2.69. The first-order valence-corrected chi connectivity index (χ1v) is 15.8. The molecule has 0 amide bonds. The second-order valence-corrected chi connectivity index (χ2v) is 13.0. The van der Waals surface area contributed by atoms with E-state index in [0.29, 0.717) is 24.3 Å². The van der Waals surface area contributed by atoms with Crippen LogP contribution >= 0.6 is 23.3 Å². The molecule has 21 heteroatoms. The lowest BCUT2D eigenvalue weighted by Crippen LogP contribution is -2.33. The van der Waals surface area contributed by atoms with Gasteiger partial charge < -0.3 is 39.8 Å². The van der Waals surface area contributed by atoms with Crippen LogP contribution in [0.1, 0.15) is 11.8 Å². The fourth-order valence-electron chi connectivity index (χ4n) is 3.75. The van der Waals surface area contributed by atoms with Gasteiger partial charge in [-0.1, -0.05) is 30.3 Å². The highest BCUT2D eigenvalue weighted by molar-refractivity contribution is 7.70. The Morgan fingerprint density at radius 2 is 1.72 bits per heavy atom. The number of aliphatic hydroxyl groups excluding tert-OH is 2. The molecule has 3 aromatic rings. The van der Waals surface area contributed by atoms with E-state index in [2.05, 4.69) is 29.1 Å². The van der Waals surface area contributed by atoms with Crippen LogP contribution in [0.25, 0.3) is 11.2 Å². The van der Waals surface area contributed by atoms with Crippen molar-refractivity contribution in [1.29, 1.82) is 0 Å². The molecule has 0 bridgehead atoms. The minimum absolute atomic E-state index is 0.242. The van der Waals surface area contributed by atoms with Crippen molar-refractivity contribution < 1.29 is 57.1 Å². The van der Waals surface area contributed by atoms with Gasteiger partial charge in [0.25, 0.3) is 0 Å². The number of ether oxygens (including phenoxy) is 1. The van der Waals surface area contributed by atoms with Gasteiger partial charge in [0.1, 0.15) is 24.6 Å². The predicted octanol–water partition coefficient (Wildman–Crippen LogP) is 0.0164. The Kier molecular flexibility index (Phi) is 9.00. The number of benzene rings is 1. The van der Waals surface area contributed by atoms with Crippen LogP contribution < -0.4 is 10.2 Å². The summed E-state index contributed by atoms with van der Waals surface area (Å²) in [5.74, 6) is 0.415. The van der Waals surface area contributed by atoms with E-state index in [-0.39, 0.29) is 5.65 Å². The molecule has 1 aliphatic heterocycles. The van der Waals surface area contributed by atoms with Gasteiger partial charge in [-0.15, -0.1) is 4.86 Å². The molecule has 1 aliphatic rings. The zero-order valence-electron chi connectivity index (χ0n) is 19.7. The summed E-state index contributed by atoms with van der Waals surface area (Å²) >= 11 is 0. The lowest BCUT2D eigenvalue weighted by atomic mass is 10.1. The summed E-state index contributed by atoms with van der Waals surface area (Å²) in [5.41, 5.74) is 1.70. The average molecular weight is 610 g/mol. The zero-order chi connectivity index (χ0) is 28.4. The van der Waals surface area contributed by atoms with Crippen molar-refractivity contribution >= 4 is 40.3 Å². The molecule has 18 nitrogen and oxygen atoms in total. The van der Waals surface area contributed by atoms with E-state index in [1.807, 2.05) is 30.3 Å². The summed E-state index contributed by atoms with van der Waals surface area (Å²) in [7, 11) is -16.2. The Labute approximate surface area is 220 Å². The lowest BCUT2D eigenvalue weighted by Gasteiger charge is -2.19. The van der Waals surface area contributed by atoms with Gasteiger partial charge in [-0.25, -0.2) is 28.6 Å². The number of aliphatic hydroxyl groups is 2. The Morgan fingerprint density at radius 1 is 1.00 bits per heavy atom. The Balaban J connectivity index is 1.41. The van der Waals surface area contributed by atoms with Gasteiger partial charge in [-0.3, -0.25) is 9.09 Å². The molecule has 0 saturated carbocycles. The Morgan fingerprint density at radius 3 is 2.41 bits per heavy atom. The number of rotatable bonds is 12. The van der Waals surface area contributed by atoms with Crippen LogP contribution in [-0.4, -0.2) is 80.8 Å². The fourth-order valence-corrected chi connectivity index (χ4v) is 7.18. The summed E-state index contributed by atoms with van der Waals surface area (Å²) in [6, 6.07) is 9.75. The van der Waals surface area contributed by atoms with E-state index in [1.54, 1.807) is 0 Å². The van der Waals surface area contributed by atoms with E-state index in [0.717, 1.165) is 10.4 Å². The quantitative estimate of drug-likeness (QED) is 0.126. The van der Waals surface area contributed by atoms with Gasteiger partial charge in [0.2, 0.25) is 0 Å².